The average molecular weight is 181 g/mol. The first-order chi connectivity index (χ1) is 6.20. The predicted molar refractivity (Wildman–Crippen MR) is 54.2 cm³/mol. The molecule has 1 rings (SSSR count). The molecule has 0 atom stereocenters. The summed E-state index contributed by atoms with van der Waals surface area (Å²) in [5.74, 6) is 0.811. The Kier molecular flexibility index (Phi) is 4.00. The lowest BCUT2D eigenvalue weighted by molar-refractivity contribution is -0.128. The van der Waals surface area contributed by atoms with Crippen molar-refractivity contribution in [3.05, 3.63) is 12.3 Å². The number of hydrogen-bond acceptors (Lipinski definition) is 1. The third-order valence-corrected chi connectivity index (χ3v) is 2.26. The van der Waals surface area contributed by atoms with Gasteiger partial charge in [0.2, 0.25) is 5.91 Å². The minimum atomic E-state index is 0.286. The zero-order chi connectivity index (χ0) is 9.68. The highest BCUT2D eigenvalue weighted by molar-refractivity contribution is 5.77. The van der Waals surface area contributed by atoms with Crippen molar-refractivity contribution < 1.29 is 4.79 Å². The fourth-order valence-corrected chi connectivity index (χ4v) is 1.44. The number of carbonyl (C=O) groups is 1. The van der Waals surface area contributed by atoms with E-state index in [1.165, 1.54) is 6.42 Å². The van der Waals surface area contributed by atoms with Crippen molar-refractivity contribution in [3.63, 3.8) is 0 Å². The molecule has 1 aliphatic rings. The van der Waals surface area contributed by atoms with Gasteiger partial charge in [-0.1, -0.05) is 26.3 Å². The van der Waals surface area contributed by atoms with Crippen LogP contribution >= 0.6 is 0 Å². The molecule has 1 saturated heterocycles. The summed E-state index contributed by atoms with van der Waals surface area (Å²) < 4.78 is 0. The molecule has 0 aliphatic carbocycles. The van der Waals surface area contributed by atoms with E-state index in [1.807, 2.05) is 11.1 Å². The summed E-state index contributed by atoms with van der Waals surface area (Å²) >= 11 is 0. The second kappa shape index (κ2) is 5.05. The molecule has 0 unspecified atom stereocenters. The normalized spacial score (nSPS) is 19.9. The lowest BCUT2D eigenvalue weighted by atomic mass is 10.2. The topological polar surface area (TPSA) is 20.3 Å². The molecule has 0 spiro atoms. The van der Waals surface area contributed by atoms with Gasteiger partial charge in [0.25, 0.3) is 0 Å². The molecule has 74 valence electrons. The van der Waals surface area contributed by atoms with Crippen molar-refractivity contribution in [2.45, 2.75) is 39.5 Å². The van der Waals surface area contributed by atoms with Gasteiger partial charge in [-0.05, 0) is 18.8 Å². The van der Waals surface area contributed by atoms with Crippen molar-refractivity contribution in [2.24, 2.45) is 5.92 Å². The van der Waals surface area contributed by atoms with E-state index in [0.717, 1.165) is 25.8 Å². The van der Waals surface area contributed by atoms with Crippen LogP contribution in [0.2, 0.25) is 0 Å². The molecule has 0 radical (unpaired) electrons. The van der Waals surface area contributed by atoms with E-state index in [4.69, 9.17) is 0 Å². The maximum Gasteiger partial charge on any atom is 0.226 e. The fraction of sp³-hybridized carbons (Fsp3) is 0.727. The van der Waals surface area contributed by atoms with Crippen molar-refractivity contribution in [2.75, 3.05) is 6.54 Å². The molecule has 2 heteroatoms. The molecule has 0 aromatic rings. The molecule has 2 nitrogen and oxygen atoms in total. The lowest BCUT2D eigenvalue weighted by Crippen LogP contribution is -2.24. The number of likely N-dealkylation sites (tertiary alicyclic amines) is 1. The Balaban J connectivity index is 2.50. The molecule has 0 N–H and O–H groups in total. The van der Waals surface area contributed by atoms with Crippen LogP contribution in [0, 0.1) is 5.92 Å². The Morgan fingerprint density at radius 2 is 2.08 bits per heavy atom. The summed E-state index contributed by atoms with van der Waals surface area (Å²) in [6.07, 6.45) is 8.17. The molecule has 0 saturated carbocycles. The number of hydrogen-bond donors (Lipinski definition) is 0. The van der Waals surface area contributed by atoms with E-state index in [0.29, 0.717) is 5.92 Å². The molecular formula is C11H19NO. The highest BCUT2D eigenvalue weighted by Crippen LogP contribution is 2.11. The first-order valence-corrected chi connectivity index (χ1v) is 5.18. The summed E-state index contributed by atoms with van der Waals surface area (Å²) in [4.78, 5) is 13.4. The maximum atomic E-state index is 11.5. The zero-order valence-electron chi connectivity index (χ0n) is 8.62. The Bertz CT molecular complexity index is 196. The van der Waals surface area contributed by atoms with Gasteiger partial charge in [-0.3, -0.25) is 4.79 Å². The Hall–Kier alpha value is -0.790. The number of rotatable bonds is 2. The van der Waals surface area contributed by atoms with Crippen LogP contribution in [0.15, 0.2) is 12.3 Å². The minimum absolute atomic E-state index is 0.286. The van der Waals surface area contributed by atoms with E-state index in [1.54, 1.807) is 0 Å². The van der Waals surface area contributed by atoms with Gasteiger partial charge in [0.15, 0.2) is 0 Å². The Labute approximate surface area is 80.6 Å². The van der Waals surface area contributed by atoms with Crippen LogP contribution in [0.3, 0.4) is 0 Å². The molecule has 0 aromatic heterocycles. The van der Waals surface area contributed by atoms with Crippen molar-refractivity contribution in [1.29, 1.82) is 0 Å². The molecule has 1 amide bonds. The maximum absolute atomic E-state index is 11.5. The van der Waals surface area contributed by atoms with Crippen LogP contribution in [0.1, 0.15) is 39.5 Å². The molecule has 13 heavy (non-hydrogen) atoms. The van der Waals surface area contributed by atoms with Gasteiger partial charge in [-0.25, -0.2) is 0 Å². The van der Waals surface area contributed by atoms with E-state index >= 15 is 0 Å². The van der Waals surface area contributed by atoms with Crippen LogP contribution in [-0.2, 0) is 4.79 Å². The highest BCUT2D eigenvalue weighted by atomic mass is 16.2. The molecular weight excluding hydrogens is 162 g/mol. The van der Waals surface area contributed by atoms with E-state index in [9.17, 15) is 4.79 Å². The molecule has 1 aliphatic heterocycles. The lowest BCUT2D eigenvalue weighted by Gasteiger charge is -2.15. The second-order valence-corrected chi connectivity index (χ2v) is 3.98. The third kappa shape index (κ3) is 3.62. The quantitative estimate of drug-likeness (QED) is 0.641. The summed E-state index contributed by atoms with van der Waals surface area (Å²) in [6.45, 7) is 5.15. The van der Waals surface area contributed by atoms with Gasteiger partial charge in [-0.2, -0.15) is 0 Å². The highest BCUT2D eigenvalue weighted by Gasteiger charge is 2.13. The first kappa shape index (κ1) is 10.3. The Morgan fingerprint density at radius 1 is 1.31 bits per heavy atom. The summed E-state index contributed by atoms with van der Waals surface area (Å²) in [6, 6.07) is 0. The van der Waals surface area contributed by atoms with Crippen LogP contribution in [0.4, 0.5) is 0 Å². The monoisotopic (exact) mass is 181 g/mol. The molecule has 0 bridgehead atoms. The van der Waals surface area contributed by atoms with Crippen LogP contribution in [0.5, 0.6) is 0 Å². The summed E-state index contributed by atoms with van der Waals surface area (Å²) in [7, 11) is 0. The van der Waals surface area contributed by atoms with Gasteiger partial charge in [-0.15, -0.1) is 0 Å². The molecule has 1 heterocycles. The van der Waals surface area contributed by atoms with Crippen LogP contribution < -0.4 is 0 Å². The number of nitrogens with zero attached hydrogens (tertiary/aromatic N) is 1. The molecule has 0 aromatic carbocycles. The van der Waals surface area contributed by atoms with Crippen LogP contribution in [-0.4, -0.2) is 17.4 Å². The molecule has 1 fully saturated rings. The van der Waals surface area contributed by atoms with Crippen molar-refractivity contribution in [3.8, 4) is 0 Å². The van der Waals surface area contributed by atoms with Gasteiger partial charge in [0.05, 0.1) is 0 Å². The standard InChI is InChI=1S/C11H19NO/c1-10(2)7-9-12-8-5-3-4-6-11(12)13/h7,9-10H,3-6,8H2,1-2H3/b9-7+. The van der Waals surface area contributed by atoms with E-state index in [-0.39, 0.29) is 5.91 Å². The Morgan fingerprint density at radius 3 is 2.77 bits per heavy atom. The van der Waals surface area contributed by atoms with Gasteiger partial charge >= 0.3 is 0 Å². The summed E-state index contributed by atoms with van der Waals surface area (Å²) in [5, 5.41) is 0. The number of amides is 1. The van der Waals surface area contributed by atoms with E-state index in [2.05, 4.69) is 19.9 Å². The minimum Gasteiger partial charge on any atom is -0.319 e. The number of allylic oxidation sites excluding steroid dienone is 1. The zero-order valence-corrected chi connectivity index (χ0v) is 8.62. The first-order valence-electron chi connectivity index (χ1n) is 5.18. The van der Waals surface area contributed by atoms with E-state index < -0.39 is 0 Å². The van der Waals surface area contributed by atoms with Crippen LogP contribution in [0.25, 0.3) is 0 Å². The van der Waals surface area contributed by atoms with Gasteiger partial charge < -0.3 is 4.90 Å². The van der Waals surface area contributed by atoms with Gasteiger partial charge in [0.1, 0.15) is 0 Å². The largest absolute Gasteiger partial charge is 0.319 e. The average Bonchev–Trinajstić information content (AvgIpc) is 2.27. The predicted octanol–water partition coefficient (Wildman–Crippen LogP) is 2.56. The van der Waals surface area contributed by atoms with Crippen molar-refractivity contribution in [1.82, 2.24) is 4.90 Å². The second-order valence-electron chi connectivity index (χ2n) is 3.98. The SMILES string of the molecule is CC(C)/C=C/N1CCCCCC1=O. The third-order valence-electron chi connectivity index (χ3n) is 2.26. The van der Waals surface area contributed by atoms with Gasteiger partial charge in [0, 0.05) is 19.2 Å². The number of carbonyl (C=O) groups excluding carboxylic acids is 1. The van der Waals surface area contributed by atoms with Crippen molar-refractivity contribution >= 4 is 5.91 Å². The smallest absolute Gasteiger partial charge is 0.226 e. The fourth-order valence-electron chi connectivity index (χ4n) is 1.44. The summed E-state index contributed by atoms with van der Waals surface area (Å²) in [5.41, 5.74) is 0.